The number of fused-ring (bicyclic) bond motifs is 6. The molecule has 5 unspecified atom stereocenters. The van der Waals surface area contributed by atoms with E-state index in [4.69, 9.17) is 19.7 Å². The molecule has 0 spiro atoms. The standard InChI is InChI=1S/C33H37FN6O2/c1-2-26(41)39-13-8-24-25(39)17-40(24)31-23-16-35-29(21-7-3-6-19-14-20-15-22(20)27(19)21)28(34)30(23)36-32(37-31)42-18-33-9-4-11-38(33)12-5-10-33/h2-3,6-7,16,20,22-25,30H,1,4-5,8-15,17-18H2/t20?,22?,23?,24-,25?,30?/m1/s1. The van der Waals surface area contributed by atoms with Crippen LogP contribution in [0.4, 0.5) is 4.39 Å². The average Bonchev–Trinajstić information content (AvgIpc) is 3.28. The molecule has 8 aliphatic rings. The number of aliphatic imine (C=N–C) groups is 3. The second kappa shape index (κ2) is 9.09. The highest BCUT2D eigenvalue weighted by Crippen LogP contribution is 2.58. The van der Waals surface area contributed by atoms with E-state index in [-0.39, 0.29) is 35.4 Å². The molecule has 4 saturated heterocycles. The number of amides is 1. The molecule has 1 aromatic rings. The molecule has 42 heavy (non-hydrogen) atoms. The summed E-state index contributed by atoms with van der Waals surface area (Å²) in [7, 11) is 0. The summed E-state index contributed by atoms with van der Waals surface area (Å²) in [6.45, 7) is 7.81. The van der Waals surface area contributed by atoms with Crippen molar-refractivity contribution in [1.82, 2.24) is 14.7 Å². The summed E-state index contributed by atoms with van der Waals surface area (Å²) in [5.74, 6) is 1.30. The third kappa shape index (κ3) is 3.55. The topological polar surface area (TPSA) is 73.1 Å². The van der Waals surface area contributed by atoms with E-state index in [0.29, 0.717) is 37.2 Å². The van der Waals surface area contributed by atoms with Gasteiger partial charge in [-0.25, -0.2) is 9.38 Å². The summed E-state index contributed by atoms with van der Waals surface area (Å²) in [6, 6.07) is 6.06. The molecule has 1 aromatic carbocycles. The third-order valence-corrected chi connectivity index (χ3v) is 11.5. The van der Waals surface area contributed by atoms with Crippen molar-refractivity contribution in [2.24, 2.45) is 26.8 Å². The van der Waals surface area contributed by atoms with Crippen LogP contribution in [0, 0.1) is 11.8 Å². The summed E-state index contributed by atoms with van der Waals surface area (Å²) < 4.78 is 23.1. The predicted octanol–water partition coefficient (Wildman–Crippen LogP) is 3.94. The van der Waals surface area contributed by atoms with Gasteiger partial charge in [-0.15, -0.1) is 0 Å². The zero-order valence-electron chi connectivity index (χ0n) is 23.9. The Morgan fingerprint density at radius 1 is 1.19 bits per heavy atom. The van der Waals surface area contributed by atoms with E-state index in [1.54, 1.807) is 0 Å². The number of likely N-dealkylation sites (tertiary alicyclic amines) is 2. The lowest BCUT2D eigenvalue weighted by Gasteiger charge is -2.50. The Hall–Kier alpha value is -3.33. The van der Waals surface area contributed by atoms with Gasteiger partial charge < -0.3 is 14.5 Å². The minimum absolute atomic E-state index is 0.0284. The Balaban J connectivity index is 1.05. The average molecular weight is 569 g/mol. The highest BCUT2D eigenvalue weighted by molar-refractivity contribution is 6.08. The Kier molecular flexibility index (Phi) is 5.45. The lowest BCUT2D eigenvalue weighted by Crippen LogP contribution is -2.66. The third-order valence-electron chi connectivity index (χ3n) is 11.5. The Morgan fingerprint density at radius 3 is 2.88 bits per heavy atom. The fourth-order valence-corrected chi connectivity index (χ4v) is 9.26. The van der Waals surface area contributed by atoms with Gasteiger partial charge in [0.25, 0.3) is 0 Å². The smallest absolute Gasteiger partial charge is 0.314 e. The van der Waals surface area contributed by atoms with Crippen molar-refractivity contribution >= 4 is 29.7 Å². The first kappa shape index (κ1) is 25.2. The van der Waals surface area contributed by atoms with Gasteiger partial charge in [-0.05, 0) is 87.1 Å². The minimum Gasteiger partial charge on any atom is -0.462 e. The highest BCUT2D eigenvalue weighted by atomic mass is 19.1. The molecule has 2 aliphatic carbocycles. The maximum absolute atomic E-state index is 16.7. The lowest BCUT2D eigenvalue weighted by atomic mass is 9.87. The number of carbonyl (C=O) groups excluding carboxylic acids is 1. The summed E-state index contributed by atoms with van der Waals surface area (Å²) in [4.78, 5) is 33.7. The van der Waals surface area contributed by atoms with Crippen LogP contribution in [0.2, 0.25) is 0 Å². The molecular formula is C33H37FN6O2. The number of ether oxygens (including phenoxy) is 1. The summed E-state index contributed by atoms with van der Waals surface area (Å²) in [6.07, 6.45) is 11.0. The van der Waals surface area contributed by atoms with Crippen molar-refractivity contribution in [2.45, 2.75) is 74.5 Å². The molecule has 1 saturated carbocycles. The van der Waals surface area contributed by atoms with Crippen molar-refractivity contribution < 1.29 is 13.9 Å². The second-order valence-electron chi connectivity index (χ2n) is 13.5. The van der Waals surface area contributed by atoms with Gasteiger partial charge in [-0.1, -0.05) is 24.8 Å². The van der Waals surface area contributed by atoms with Gasteiger partial charge >= 0.3 is 6.02 Å². The second-order valence-corrected chi connectivity index (χ2v) is 13.5. The van der Waals surface area contributed by atoms with Crippen LogP contribution >= 0.6 is 0 Å². The predicted molar refractivity (Wildman–Crippen MR) is 159 cm³/mol. The van der Waals surface area contributed by atoms with Crippen LogP contribution < -0.4 is 0 Å². The number of nitrogens with zero attached hydrogens (tertiary/aromatic N) is 6. The number of benzene rings is 1. The number of halogens is 1. The molecule has 0 N–H and O–H groups in total. The van der Waals surface area contributed by atoms with Gasteiger partial charge in [0.15, 0.2) is 5.83 Å². The number of hydrogen-bond donors (Lipinski definition) is 0. The lowest BCUT2D eigenvalue weighted by molar-refractivity contribution is -0.129. The van der Waals surface area contributed by atoms with E-state index in [1.165, 1.54) is 36.5 Å². The van der Waals surface area contributed by atoms with E-state index < -0.39 is 12.0 Å². The first-order valence-electron chi connectivity index (χ1n) is 15.8. The van der Waals surface area contributed by atoms with Crippen LogP contribution in [0.3, 0.4) is 0 Å². The summed E-state index contributed by atoms with van der Waals surface area (Å²) in [5.41, 5.74) is 4.03. The van der Waals surface area contributed by atoms with Gasteiger partial charge in [0.05, 0.1) is 23.5 Å². The molecule has 6 aliphatic heterocycles. The van der Waals surface area contributed by atoms with Crippen molar-refractivity contribution in [3.63, 3.8) is 0 Å². The zero-order chi connectivity index (χ0) is 28.2. The quantitative estimate of drug-likeness (QED) is 0.516. The Bertz CT molecular complexity index is 1500. The fourth-order valence-electron chi connectivity index (χ4n) is 9.26. The molecule has 1 amide bonds. The van der Waals surface area contributed by atoms with E-state index >= 15 is 4.39 Å². The molecule has 218 valence electrons. The summed E-state index contributed by atoms with van der Waals surface area (Å²) in [5, 5.41) is 0. The monoisotopic (exact) mass is 568 g/mol. The van der Waals surface area contributed by atoms with Crippen molar-refractivity contribution in [3.8, 4) is 0 Å². The van der Waals surface area contributed by atoms with Crippen LogP contribution in [0.25, 0.3) is 5.70 Å². The van der Waals surface area contributed by atoms with E-state index in [9.17, 15) is 4.79 Å². The molecule has 8 nitrogen and oxygen atoms in total. The molecule has 6 heterocycles. The number of carbonyl (C=O) groups is 1. The van der Waals surface area contributed by atoms with E-state index in [0.717, 1.165) is 50.2 Å². The molecule has 0 aromatic heterocycles. The van der Waals surface area contributed by atoms with Gasteiger partial charge in [0, 0.05) is 24.9 Å². The number of amidine groups is 2. The van der Waals surface area contributed by atoms with Crippen molar-refractivity contribution in [2.75, 3.05) is 32.8 Å². The normalized spacial score (nSPS) is 35.1. The zero-order valence-corrected chi connectivity index (χ0v) is 23.9. The first-order chi connectivity index (χ1) is 20.5. The summed E-state index contributed by atoms with van der Waals surface area (Å²) >= 11 is 0. The van der Waals surface area contributed by atoms with Gasteiger partial charge in [0.2, 0.25) is 5.91 Å². The SMILES string of the molecule is C=CC(=O)N1CC[C@@H]2C1CN2C1=NC(OCC23CCCN2CCC3)=NC2C(F)=C(c3cccc4c3C3CC3C4)N=CC12. The maximum Gasteiger partial charge on any atom is 0.314 e. The fraction of sp³-hybridized carbons (Fsp3) is 0.576. The molecule has 6 atom stereocenters. The van der Waals surface area contributed by atoms with Gasteiger partial charge in [0.1, 0.15) is 24.2 Å². The Morgan fingerprint density at radius 2 is 2.05 bits per heavy atom. The molecule has 5 fully saturated rings. The number of hydrogen-bond acceptors (Lipinski definition) is 7. The van der Waals surface area contributed by atoms with E-state index in [2.05, 4.69) is 22.4 Å². The molecule has 9 heteroatoms. The van der Waals surface area contributed by atoms with Crippen LogP contribution in [-0.4, -0.2) is 95.1 Å². The van der Waals surface area contributed by atoms with Crippen LogP contribution in [0.15, 0.2) is 51.7 Å². The Labute approximate surface area is 245 Å². The van der Waals surface area contributed by atoms with E-state index in [1.807, 2.05) is 23.2 Å². The number of rotatable bonds is 4. The maximum atomic E-state index is 16.7. The molecule has 0 radical (unpaired) electrons. The van der Waals surface area contributed by atoms with Crippen LogP contribution in [0.1, 0.15) is 61.1 Å². The molecular weight excluding hydrogens is 531 g/mol. The van der Waals surface area contributed by atoms with Gasteiger partial charge in [-0.3, -0.25) is 14.7 Å². The highest BCUT2D eigenvalue weighted by Gasteiger charge is 2.53. The van der Waals surface area contributed by atoms with Crippen LogP contribution in [0.5, 0.6) is 0 Å². The van der Waals surface area contributed by atoms with Crippen molar-refractivity contribution in [3.05, 3.63) is 53.4 Å². The van der Waals surface area contributed by atoms with Gasteiger partial charge in [-0.2, -0.15) is 4.99 Å². The first-order valence-corrected chi connectivity index (χ1v) is 15.8. The van der Waals surface area contributed by atoms with Crippen molar-refractivity contribution in [1.29, 1.82) is 0 Å². The van der Waals surface area contributed by atoms with Crippen LogP contribution in [-0.2, 0) is 16.0 Å². The minimum atomic E-state index is -0.751. The molecule has 9 rings (SSSR count). The largest absolute Gasteiger partial charge is 0.462 e. The molecule has 0 bridgehead atoms.